The summed E-state index contributed by atoms with van der Waals surface area (Å²) in [5.41, 5.74) is 6.73. The van der Waals surface area contributed by atoms with Crippen molar-refractivity contribution in [3.8, 4) is 5.75 Å². The number of benzene rings is 3. The molecule has 3 N–H and O–H groups in total. The van der Waals surface area contributed by atoms with E-state index in [9.17, 15) is 14.4 Å². The van der Waals surface area contributed by atoms with Crippen molar-refractivity contribution in [2.45, 2.75) is 20.8 Å². The number of rotatable bonds is 7. The van der Waals surface area contributed by atoms with Crippen LogP contribution in [0.15, 0.2) is 65.8 Å². The molecule has 180 valence electrons. The highest BCUT2D eigenvalue weighted by atomic mass is 35.5. The minimum Gasteiger partial charge on any atom is -0.484 e. The van der Waals surface area contributed by atoms with E-state index >= 15 is 0 Å². The smallest absolute Gasteiger partial charge is 0.329 e. The fourth-order valence-electron chi connectivity index (χ4n) is 3.03. The zero-order valence-electron chi connectivity index (χ0n) is 19.5. The first-order valence-corrected chi connectivity index (χ1v) is 11.1. The van der Waals surface area contributed by atoms with Gasteiger partial charge in [-0.15, -0.1) is 0 Å². The van der Waals surface area contributed by atoms with Crippen LogP contribution in [0, 0.1) is 20.8 Å². The number of aryl methyl sites for hydroxylation is 2. The molecule has 0 saturated heterocycles. The van der Waals surface area contributed by atoms with E-state index in [1.807, 2.05) is 32.9 Å². The Morgan fingerprint density at radius 2 is 1.66 bits per heavy atom. The van der Waals surface area contributed by atoms with Crippen LogP contribution >= 0.6 is 11.6 Å². The van der Waals surface area contributed by atoms with Crippen molar-refractivity contribution in [3.63, 3.8) is 0 Å². The molecule has 0 radical (unpaired) electrons. The van der Waals surface area contributed by atoms with E-state index < -0.39 is 11.8 Å². The number of anilines is 2. The molecule has 35 heavy (non-hydrogen) atoms. The van der Waals surface area contributed by atoms with E-state index in [4.69, 9.17) is 16.3 Å². The molecule has 0 atom stereocenters. The monoisotopic (exact) mass is 492 g/mol. The summed E-state index contributed by atoms with van der Waals surface area (Å²) < 4.78 is 5.55. The van der Waals surface area contributed by atoms with Crippen LogP contribution in [-0.4, -0.2) is 30.5 Å². The van der Waals surface area contributed by atoms with Gasteiger partial charge in [0.1, 0.15) is 5.75 Å². The summed E-state index contributed by atoms with van der Waals surface area (Å²) in [7, 11) is 0. The molecule has 0 heterocycles. The van der Waals surface area contributed by atoms with Crippen molar-refractivity contribution in [1.82, 2.24) is 5.43 Å². The summed E-state index contributed by atoms with van der Waals surface area (Å²) in [4.78, 5) is 36.4. The van der Waals surface area contributed by atoms with Crippen LogP contribution in [0.4, 0.5) is 11.4 Å². The number of hydrazone groups is 1. The predicted octanol–water partition coefficient (Wildman–Crippen LogP) is 4.37. The number of hydrogen-bond donors (Lipinski definition) is 3. The second kappa shape index (κ2) is 11.8. The van der Waals surface area contributed by atoms with Gasteiger partial charge < -0.3 is 15.4 Å². The molecule has 0 aliphatic carbocycles. The maximum absolute atomic E-state index is 12.2. The lowest BCUT2D eigenvalue weighted by atomic mass is 10.1. The molecule has 3 aromatic rings. The zero-order chi connectivity index (χ0) is 25.4. The largest absolute Gasteiger partial charge is 0.484 e. The van der Waals surface area contributed by atoms with Crippen molar-refractivity contribution in [1.29, 1.82) is 0 Å². The highest BCUT2D eigenvalue weighted by molar-refractivity contribution is 6.39. The van der Waals surface area contributed by atoms with Crippen molar-refractivity contribution >= 4 is 46.9 Å². The van der Waals surface area contributed by atoms with Gasteiger partial charge in [-0.1, -0.05) is 41.9 Å². The molecule has 0 bridgehead atoms. The second-order valence-electron chi connectivity index (χ2n) is 7.77. The molecule has 3 rings (SSSR count). The summed E-state index contributed by atoms with van der Waals surface area (Å²) in [6.45, 7) is 5.43. The van der Waals surface area contributed by atoms with Crippen LogP contribution in [0.3, 0.4) is 0 Å². The molecule has 0 unspecified atom stereocenters. The van der Waals surface area contributed by atoms with Crippen LogP contribution in [0.5, 0.6) is 5.75 Å². The Kier molecular flexibility index (Phi) is 8.58. The topological polar surface area (TPSA) is 109 Å². The van der Waals surface area contributed by atoms with Gasteiger partial charge >= 0.3 is 11.8 Å². The molecule has 0 fully saturated rings. The van der Waals surface area contributed by atoms with Gasteiger partial charge in [0.05, 0.1) is 6.21 Å². The zero-order valence-corrected chi connectivity index (χ0v) is 20.3. The standard InChI is InChI=1S/C26H25ClN4O4/c1-16-6-4-9-22(18(16)3)30-25(33)26(34)31-28-14-19-7-5-8-21(12-19)35-15-24(32)29-23-13-20(27)11-10-17(23)2/h4-14H,15H2,1-3H3,(H,29,32)(H,30,33)(H,31,34)/b28-14-. The Bertz CT molecular complexity index is 1290. The molecule has 3 aromatic carbocycles. The lowest BCUT2D eigenvalue weighted by Crippen LogP contribution is -2.32. The number of carbonyl (C=O) groups is 3. The molecule has 3 amide bonds. The Morgan fingerprint density at radius 1 is 0.886 bits per heavy atom. The van der Waals surface area contributed by atoms with Crippen molar-refractivity contribution in [2.75, 3.05) is 17.2 Å². The van der Waals surface area contributed by atoms with Gasteiger partial charge in [-0.25, -0.2) is 5.43 Å². The minimum absolute atomic E-state index is 0.207. The highest BCUT2D eigenvalue weighted by Crippen LogP contribution is 2.20. The van der Waals surface area contributed by atoms with Crippen LogP contribution in [-0.2, 0) is 14.4 Å². The van der Waals surface area contributed by atoms with E-state index in [1.165, 1.54) is 6.21 Å². The number of halogens is 1. The highest BCUT2D eigenvalue weighted by Gasteiger charge is 2.14. The van der Waals surface area contributed by atoms with E-state index in [-0.39, 0.29) is 12.5 Å². The van der Waals surface area contributed by atoms with Gasteiger partial charge in [0.2, 0.25) is 0 Å². The normalized spacial score (nSPS) is 10.6. The third-order valence-electron chi connectivity index (χ3n) is 5.14. The van der Waals surface area contributed by atoms with Crippen LogP contribution < -0.4 is 20.8 Å². The quantitative estimate of drug-likeness (QED) is 0.258. The van der Waals surface area contributed by atoms with Gasteiger partial charge in [0.15, 0.2) is 6.61 Å². The first-order chi connectivity index (χ1) is 16.7. The van der Waals surface area contributed by atoms with Gasteiger partial charge in [-0.2, -0.15) is 5.10 Å². The Balaban J connectivity index is 1.51. The maximum Gasteiger partial charge on any atom is 0.329 e. The van der Waals surface area contributed by atoms with Crippen molar-refractivity contribution in [2.24, 2.45) is 5.10 Å². The number of ether oxygens (including phenoxy) is 1. The number of amides is 3. The lowest BCUT2D eigenvalue weighted by molar-refractivity contribution is -0.136. The summed E-state index contributed by atoms with van der Waals surface area (Å²) >= 11 is 5.97. The SMILES string of the molecule is Cc1ccc(Cl)cc1NC(=O)COc1cccc(/C=N\NC(=O)C(=O)Nc2cccc(C)c2C)c1. The first kappa shape index (κ1) is 25.5. The fourth-order valence-corrected chi connectivity index (χ4v) is 3.20. The summed E-state index contributed by atoms with van der Waals surface area (Å²) in [6.07, 6.45) is 1.37. The van der Waals surface area contributed by atoms with E-state index in [1.54, 1.807) is 48.5 Å². The molecule has 0 spiro atoms. The Morgan fingerprint density at radius 3 is 2.46 bits per heavy atom. The summed E-state index contributed by atoms with van der Waals surface area (Å²) in [5.74, 6) is -1.63. The third kappa shape index (κ3) is 7.41. The van der Waals surface area contributed by atoms with Crippen LogP contribution in [0.2, 0.25) is 5.02 Å². The maximum atomic E-state index is 12.2. The molecule has 0 saturated carbocycles. The van der Waals surface area contributed by atoms with Gasteiger partial charge in [0, 0.05) is 16.4 Å². The number of hydrogen-bond acceptors (Lipinski definition) is 5. The minimum atomic E-state index is -0.900. The second-order valence-corrected chi connectivity index (χ2v) is 8.21. The van der Waals surface area contributed by atoms with Crippen LogP contribution in [0.1, 0.15) is 22.3 Å². The summed E-state index contributed by atoms with van der Waals surface area (Å²) in [5, 5.41) is 9.67. The average Bonchev–Trinajstić information content (AvgIpc) is 2.83. The molecule has 0 aliphatic heterocycles. The molecule has 0 aliphatic rings. The molecule has 0 aromatic heterocycles. The van der Waals surface area contributed by atoms with Gasteiger partial charge in [0.25, 0.3) is 5.91 Å². The predicted molar refractivity (Wildman–Crippen MR) is 137 cm³/mol. The third-order valence-corrected chi connectivity index (χ3v) is 5.38. The molecule has 9 heteroatoms. The number of carbonyl (C=O) groups excluding carboxylic acids is 3. The lowest BCUT2D eigenvalue weighted by Gasteiger charge is -2.10. The molecular weight excluding hydrogens is 468 g/mol. The van der Waals surface area contributed by atoms with Crippen molar-refractivity contribution in [3.05, 3.63) is 87.9 Å². The Hall–Kier alpha value is -4.17. The molecular formula is C26H25ClN4O4. The fraction of sp³-hybridized carbons (Fsp3) is 0.154. The van der Waals surface area contributed by atoms with Crippen molar-refractivity contribution < 1.29 is 19.1 Å². The van der Waals surface area contributed by atoms with E-state index in [0.29, 0.717) is 27.7 Å². The Labute approximate surface area is 208 Å². The number of nitrogens with one attached hydrogen (secondary N) is 3. The first-order valence-electron chi connectivity index (χ1n) is 10.7. The molecule has 8 nitrogen and oxygen atoms in total. The van der Waals surface area contributed by atoms with Gasteiger partial charge in [-0.05, 0) is 73.4 Å². The average molecular weight is 493 g/mol. The van der Waals surface area contributed by atoms with Gasteiger partial charge in [-0.3, -0.25) is 14.4 Å². The summed E-state index contributed by atoms with van der Waals surface area (Å²) in [6, 6.07) is 17.4. The van der Waals surface area contributed by atoms with E-state index in [0.717, 1.165) is 16.7 Å². The number of nitrogens with zero attached hydrogens (tertiary/aromatic N) is 1. The van der Waals surface area contributed by atoms with Crippen LogP contribution in [0.25, 0.3) is 0 Å². The van der Waals surface area contributed by atoms with E-state index in [2.05, 4.69) is 21.2 Å².